The molecule has 0 radical (unpaired) electrons. The van der Waals surface area contributed by atoms with Crippen LogP contribution in [0.3, 0.4) is 0 Å². The van der Waals surface area contributed by atoms with Gasteiger partial charge in [0, 0.05) is 4.47 Å². The molecule has 0 aromatic heterocycles. The molecule has 1 aromatic carbocycles. The van der Waals surface area contributed by atoms with Crippen LogP contribution in [-0.4, -0.2) is 6.03 Å². The highest BCUT2D eigenvalue weighted by Gasteiger charge is 2.08. The van der Waals surface area contributed by atoms with Crippen LogP contribution in [0.15, 0.2) is 16.6 Å². The van der Waals surface area contributed by atoms with E-state index < -0.39 is 11.8 Å². The molecule has 0 atom stereocenters. The summed E-state index contributed by atoms with van der Waals surface area (Å²) < 4.78 is 13.0. The van der Waals surface area contributed by atoms with E-state index in [1.165, 1.54) is 6.07 Å². The minimum absolute atomic E-state index is 0.0886. The second-order valence-electron chi connectivity index (χ2n) is 2.23. The molecular formula is C7H5BrClFN2O. The minimum atomic E-state index is -0.755. The summed E-state index contributed by atoms with van der Waals surface area (Å²) in [6.07, 6.45) is 0. The van der Waals surface area contributed by atoms with Gasteiger partial charge in [-0.15, -0.1) is 0 Å². The van der Waals surface area contributed by atoms with Crippen molar-refractivity contribution in [1.82, 2.24) is 0 Å². The number of urea groups is 1. The van der Waals surface area contributed by atoms with E-state index in [9.17, 15) is 9.18 Å². The van der Waals surface area contributed by atoms with E-state index in [0.717, 1.165) is 6.07 Å². The maximum Gasteiger partial charge on any atom is 0.316 e. The maximum atomic E-state index is 12.7. The lowest BCUT2D eigenvalue weighted by Gasteiger charge is -2.06. The van der Waals surface area contributed by atoms with Gasteiger partial charge in [-0.1, -0.05) is 11.6 Å². The van der Waals surface area contributed by atoms with E-state index in [2.05, 4.69) is 21.2 Å². The van der Waals surface area contributed by atoms with Gasteiger partial charge in [0.15, 0.2) is 0 Å². The summed E-state index contributed by atoms with van der Waals surface area (Å²) in [4.78, 5) is 10.5. The zero-order valence-corrected chi connectivity index (χ0v) is 8.62. The fourth-order valence-electron chi connectivity index (χ4n) is 0.785. The van der Waals surface area contributed by atoms with E-state index >= 15 is 0 Å². The highest BCUT2D eigenvalue weighted by molar-refractivity contribution is 9.10. The molecule has 0 saturated heterocycles. The first kappa shape index (κ1) is 10.3. The summed E-state index contributed by atoms with van der Waals surface area (Å²) in [7, 11) is 0. The van der Waals surface area contributed by atoms with Gasteiger partial charge in [-0.05, 0) is 28.1 Å². The Morgan fingerprint density at radius 3 is 2.69 bits per heavy atom. The van der Waals surface area contributed by atoms with Crippen molar-refractivity contribution in [3.8, 4) is 0 Å². The molecule has 13 heavy (non-hydrogen) atoms. The summed E-state index contributed by atoms with van der Waals surface area (Å²) in [6.45, 7) is 0. The number of carbonyl (C=O) groups excluding carboxylic acids is 1. The average Bonchev–Trinajstić information content (AvgIpc) is 1.96. The number of benzene rings is 1. The zero-order chi connectivity index (χ0) is 10.0. The Morgan fingerprint density at radius 2 is 2.23 bits per heavy atom. The van der Waals surface area contributed by atoms with Gasteiger partial charge in [0.05, 0.1) is 10.7 Å². The largest absolute Gasteiger partial charge is 0.351 e. The van der Waals surface area contributed by atoms with Crippen molar-refractivity contribution >= 4 is 39.2 Å². The smallest absolute Gasteiger partial charge is 0.316 e. The van der Waals surface area contributed by atoms with E-state index in [-0.39, 0.29) is 10.7 Å². The molecule has 6 heteroatoms. The predicted molar refractivity (Wildman–Crippen MR) is 52.3 cm³/mol. The lowest BCUT2D eigenvalue weighted by atomic mass is 10.3. The molecule has 0 unspecified atom stereocenters. The second-order valence-corrected chi connectivity index (χ2v) is 3.50. The third-order valence-electron chi connectivity index (χ3n) is 1.26. The summed E-state index contributed by atoms with van der Waals surface area (Å²) in [6, 6.07) is 1.50. The number of halogens is 3. The van der Waals surface area contributed by atoms with Gasteiger partial charge < -0.3 is 11.1 Å². The Kier molecular flexibility index (Phi) is 3.11. The molecule has 0 aliphatic carbocycles. The Hall–Kier alpha value is -0.810. The third kappa shape index (κ3) is 2.57. The maximum absolute atomic E-state index is 12.7. The molecule has 0 fully saturated rings. The van der Waals surface area contributed by atoms with E-state index in [1.807, 2.05) is 0 Å². The number of hydrogen-bond acceptors (Lipinski definition) is 1. The first-order chi connectivity index (χ1) is 6.00. The summed E-state index contributed by atoms with van der Waals surface area (Å²) in [5.41, 5.74) is 5.14. The standard InChI is InChI=1S/C7H5BrClFN2O/c8-4-1-3(10)2-5(9)6(4)12-7(11)13/h1-2H,(H3,11,12,13). The summed E-state index contributed by atoms with van der Waals surface area (Å²) in [5, 5.41) is 2.35. The van der Waals surface area contributed by atoms with Crippen molar-refractivity contribution in [3.63, 3.8) is 0 Å². The van der Waals surface area contributed by atoms with E-state index in [4.69, 9.17) is 17.3 Å². The minimum Gasteiger partial charge on any atom is -0.351 e. The first-order valence-electron chi connectivity index (χ1n) is 3.21. The van der Waals surface area contributed by atoms with Crippen LogP contribution < -0.4 is 11.1 Å². The van der Waals surface area contributed by atoms with Crippen molar-refractivity contribution in [2.45, 2.75) is 0 Å². The van der Waals surface area contributed by atoms with Crippen molar-refractivity contribution in [2.75, 3.05) is 5.32 Å². The molecule has 1 aromatic rings. The van der Waals surface area contributed by atoms with Gasteiger partial charge >= 0.3 is 6.03 Å². The molecule has 0 spiro atoms. The number of primary amides is 1. The van der Waals surface area contributed by atoms with Crippen LogP contribution in [0.25, 0.3) is 0 Å². The average molecular weight is 267 g/mol. The normalized spacial score (nSPS) is 9.77. The number of nitrogens with two attached hydrogens (primary N) is 1. The molecular weight excluding hydrogens is 262 g/mol. The molecule has 2 amide bonds. The molecule has 3 nitrogen and oxygen atoms in total. The first-order valence-corrected chi connectivity index (χ1v) is 4.39. The summed E-state index contributed by atoms with van der Waals surface area (Å²) >= 11 is 8.67. The monoisotopic (exact) mass is 266 g/mol. The van der Waals surface area contributed by atoms with Crippen LogP contribution in [0.5, 0.6) is 0 Å². The van der Waals surface area contributed by atoms with Crippen LogP contribution >= 0.6 is 27.5 Å². The van der Waals surface area contributed by atoms with Gasteiger partial charge in [-0.3, -0.25) is 0 Å². The predicted octanol–water partition coefficient (Wildman–Crippen LogP) is 2.73. The van der Waals surface area contributed by atoms with Gasteiger partial charge in [0.2, 0.25) is 0 Å². The van der Waals surface area contributed by atoms with Crippen molar-refractivity contribution < 1.29 is 9.18 Å². The molecule has 0 saturated carbocycles. The van der Waals surface area contributed by atoms with Gasteiger partial charge in [0.1, 0.15) is 5.82 Å². The third-order valence-corrected chi connectivity index (χ3v) is 2.18. The van der Waals surface area contributed by atoms with Crippen LogP contribution in [0.1, 0.15) is 0 Å². The molecule has 0 aliphatic heterocycles. The number of rotatable bonds is 1. The fraction of sp³-hybridized carbons (Fsp3) is 0. The number of nitrogens with one attached hydrogen (secondary N) is 1. The Morgan fingerprint density at radius 1 is 1.62 bits per heavy atom. The van der Waals surface area contributed by atoms with Crippen LogP contribution in [0.4, 0.5) is 14.9 Å². The highest BCUT2D eigenvalue weighted by atomic mass is 79.9. The molecule has 1 rings (SSSR count). The second kappa shape index (κ2) is 3.93. The lowest BCUT2D eigenvalue weighted by molar-refractivity contribution is 0.259. The fourth-order valence-corrected chi connectivity index (χ4v) is 1.68. The van der Waals surface area contributed by atoms with Gasteiger partial charge in [0.25, 0.3) is 0 Å². The SMILES string of the molecule is NC(=O)Nc1c(Cl)cc(F)cc1Br. The topological polar surface area (TPSA) is 55.1 Å². The highest BCUT2D eigenvalue weighted by Crippen LogP contribution is 2.31. The number of carbonyl (C=O) groups is 1. The molecule has 70 valence electrons. The lowest BCUT2D eigenvalue weighted by Crippen LogP contribution is -2.19. The number of anilines is 1. The van der Waals surface area contributed by atoms with Crippen molar-refractivity contribution in [2.24, 2.45) is 5.73 Å². The molecule has 0 bridgehead atoms. The van der Waals surface area contributed by atoms with E-state index in [0.29, 0.717) is 4.47 Å². The van der Waals surface area contributed by atoms with Gasteiger partial charge in [-0.2, -0.15) is 0 Å². The number of amides is 2. The Balaban J connectivity index is 3.13. The molecule has 0 heterocycles. The Labute approximate surface area is 87.2 Å². The van der Waals surface area contributed by atoms with Crippen LogP contribution in [0.2, 0.25) is 5.02 Å². The molecule has 3 N–H and O–H groups in total. The summed E-state index contributed by atoms with van der Waals surface area (Å²) in [5.74, 6) is -0.494. The van der Waals surface area contributed by atoms with Gasteiger partial charge in [-0.25, -0.2) is 9.18 Å². The van der Waals surface area contributed by atoms with Crippen LogP contribution in [-0.2, 0) is 0 Å². The van der Waals surface area contributed by atoms with Crippen LogP contribution in [0, 0.1) is 5.82 Å². The molecule has 0 aliphatic rings. The quantitative estimate of drug-likeness (QED) is 0.807. The Bertz CT molecular complexity index is 335. The van der Waals surface area contributed by atoms with Crippen molar-refractivity contribution in [3.05, 3.63) is 27.4 Å². The zero-order valence-electron chi connectivity index (χ0n) is 6.27. The van der Waals surface area contributed by atoms with E-state index in [1.54, 1.807) is 0 Å². The van der Waals surface area contributed by atoms with Crippen molar-refractivity contribution in [1.29, 1.82) is 0 Å². The number of hydrogen-bond donors (Lipinski definition) is 2.